The van der Waals surface area contributed by atoms with Crippen LogP contribution in [0.5, 0.6) is 0 Å². The molecule has 0 aromatic carbocycles. The molecule has 0 unspecified atom stereocenters. The minimum atomic E-state index is 0.266. The van der Waals surface area contributed by atoms with Crippen molar-refractivity contribution in [1.82, 2.24) is 15.6 Å². The molecule has 6 nitrogen and oxygen atoms in total. The zero-order chi connectivity index (χ0) is 15.8. The van der Waals surface area contributed by atoms with Gasteiger partial charge in [0.05, 0.1) is 19.3 Å². The molecule has 1 aromatic heterocycles. The maximum Gasteiger partial charge on any atom is 0.191 e. The summed E-state index contributed by atoms with van der Waals surface area (Å²) >= 11 is 0. The molecule has 0 aliphatic carbocycles. The highest BCUT2D eigenvalue weighted by Crippen LogP contribution is 2.15. The normalized spacial score (nSPS) is 18.0. The van der Waals surface area contributed by atoms with E-state index in [1.54, 1.807) is 0 Å². The zero-order valence-electron chi connectivity index (χ0n) is 13.8. The van der Waals surface area contributed by atoms with Crippen LogP contribution in [0.1, 0.15) is 26.3 Å². The van der Waals surface area contributed by atoms with Crippen molar-refractivity contribution in [2.24, 2.45) is 4.99 Å². The van der Waals surface area contributed by atoms with E-state index in [1.165, 1.54) is 0 Å². The lowest BCUT2D eigenvalue weighted by molar-refractivity contribution is 0.0529. The summed E-state index contributed by atoms with van der Waals surface area (Å²) in [5, 5.41) is 6.44. The standard InChI is InChI=1S/C16H27N5O/c1-4-17-16(18-5-2)20-11-14-6-7-15(19-10-14)21-8-9-22-13(3)12-21/h6-7,10,13H,4-5,8-9,11-12H2,1-3H3,(H2,17,18,20)/t13-/m1/s1. The van der Waals surface area contributed by atoms with Crippen LogP contribution in [0.3, 0.4) is 0 Å². The first-order chi connectivity index (χ1) is 10.7. The summed E-state index contributed by atoms with van der Waals surface area (Å²) in [6.07, 6.45) is 2.18. The number of pyridine rings is 1. The van der Waals surface area contributed by atoms with Gasteiger partial charge >= 0.3 is 0 Å². The minimum absolute atomic E-state index is 0.266. The van der Waals surface area contributed by atoms with Crippen molar-refractivity contribution in [1.29, 1.82) is 0 Å². The van der Waals surface area contributed by atoms with Crippen LogP contribution in [-0.4, -0.2) is 49.8 Å². The van der Waals surface area contributed by atoms with E-state index in [0.29, 0.717) is 6.54 Å². The van der Waals surface area contributed by atoms with E-state index >= 15 is 0 Å². The van der Waals surface area contributed by atoms with Gasteiger partial charge in [0.15, 0.2) is 5.96 Å². The van der Waals surface area contributed by atoms with Gasteiger partial charge in [-0.2, -0.15) is 0 Å². The SMILES string of the molecule is CCNC(=NCc1ccc(N2CCO[C@H](C)C2)nc1)NCC. The third-order valence-corrected chi connectivity index (χ3v) is 3.48. The van der Waals surface area contributed by atoms with Gasteiger partial charge in [0, 0.05) is 32.4 Å². The number of guanidine groups is 1. The van der Waals surface area contributed by atoms with Crippen LogP contribution in [0.15, 0.2) is 23.3 Å². The molecule has 0 spiro atoms. The topological polar surface area (TPSA) is 61.8 Å². The monoisotopic (exact) mass is 305 g/mol. The minimum Gasteiger partial charge on any atom is -0.375 e. The van der Waals surface area contributed by atoms with Crippen molar-refractivity contribution in [2.75, 3.05) is 37.7 Å². The lowest BCUT2D eigenvalue weighted by Crippen LogP contribution is -2.41. The smallest absolute Gasteiger partial charge is 0.191 e. The average Bonchev–Trinajstić information content (AvgIpc) is 2.53. The number of aliphatic imine (C=N–C) groups is 1. The van der Waals surface area contributed by atoms with Crippen molar-refractivity contribution in [2.45, 2.75) is 33.4 Å². The Labute approximate surface area is 133 Å². The number of hydrogen-bond donors (Lipinski definition) is 2. The zero-order valence-corrected chi connectivity index (χ0v) is 13.8. The number of nitrogens with zero attached hydrogens (tertiary/aromatic N) is 3. The van der Waals surface area contributed by atoms with Crippen LogP contribution in [0.25, 0.3) is 0 Å². The second-order valence-corrected chi connectivity index (χ2v) is 5.38. The quantitative estimate of drug-likeness (QED) is 0.636. The van der Waals surface area contributed by atoms with Crippen molar-refractivity contribution < 1.29 is 4.74 Å². The lowest BCUT2D eigenvalue weighted by atomic mass is 10.2. The van der Waals surface area contributed by atoms with Crippen LogP contribution in [0.4, 0.5) is 5.82 Å². The Morgan fingerprint density at radius 1 is 1.36 bits per heavy atom. The molecule has 122 valence electrons. The molecule has 2 N–H and O–H groups in total. The molecule has 1 aromatic rings. The van der Waals surface area contributed by atoms with Crippen LogP contribution in [-0.2, 0) is 11.3 Å². The number of nitrogens with one attached hydrogen (secondary N) is 2. The van der Waals surface area contributed by atoms with Crippen LogP contribution in [0, 0.1) is 0 Å². The highest BCUT2D eigenvalue weighted by atomic mass is 16.5. The second kappa shape index (κ2) is 8.58. The van der Waals surface area contributed by atoms with E-state index in [0.717, 1.165) is 50.1 Å². The van der Waals surface area contributed by atoms with Crippen LogP contribution in [0.2, 0.25) is 0 Å². The summed E-state index contributed by atoms with van der Waals surface area (Å²) in [7, 11) is 0. The fraction of sp³-hybridized carbons (Fsp3) is 0.625. The first-order valence-electron chi connectivity index (χ1n) is 8.06. The number of anilines is 1. The Morgan fingerprint density at radius 3 is 2.73 bits per heavy atom. The Hall–Kier alpha value is -1.82. The predicted molar refractivity (Wildman–Crippen MR) is 90.4 cm³/mol. The molecule has 1 fully saturated rings. The maximum absolute atomic E-state index is 5.56. The molecule has 0 bridgehead atoms. The van der Waals surface area contributed by atoms with Crippen molar-refractivity contribution in [3.8, 4) is 0 Å². The molecule has 6 heteroatoms. The molecule has 0 saturated carbocycles. The van der Waals surface area contributed by atoms with Crippen LogP contribution < -0.4 is 15.5 Å². The molecule has 2 rings (SSSR count). The number of ether oxygens (including phenoxy) is 1. The van der Waals surface area contributed by atoms with Gasteiger partial charge in [-0.3, -0.25) is 0 Å². The van der Waals surface area contributed by atoms with Crippen LogP contribution >= 0.6 is 0 Å². The Kier molecular flexibility index (Phi) is 6.45. The highest BCUT2D eigenvalue weighted by molar-refractivity contribution is 5.79. The molecule has 1 saturated heterocycles. The van der Waals surface area contributed by atoms with E-state index < -0.39 is 0 Å². The predicted octanol–water partition coefficient (Wildman–Crippen LogP) is 1.38. The first-order valence-corrected chi connectivity index (χ1v) is 8.06. The van der Waals surface area contributed by atoms with Crippen molar-refractivity contribution >= 4 is 11.8 Å². The molecule has 1 atom stereocenters. The van der Waals surface area contributed by atoms with Gasteiger partial charge in [0.2, 0.25) is 0 Å². The highest BCUT2D eigenvalue weighted by Gasteiger charge is 2.17. The lowest BCUT2D eigenvalue weighted by Gasteiger charge is -2.32. The van der Waals surface area contributed by atoms with Crippen molar-refractivity contribution in [3.05, 3.63) is 23.9 Å². The maximum atomic E-state index is 5.56. The van der Waals surface area contributed by atoms with Gasteiger partial charge in [-0.1, -0.05) is 6.07 Å². The van der Waals surface area contributed by atoms with E-state index in [9.17, 15) is 0 Å². The summed E-state index contributed by atoms with van der Waals surface area (Å²) in [5.41, 5.74) is 1.11. The third-order valence-electron chi connectivity index (χ3n) is 3.48. The largest absolute Gasteiger partial charge is 0.375 e. The van der Waals surface area contributed by atoms with Gasteiger partial charge in [0.1, 0.15) is 5.82 Å². The van der Waals surface area contributed by atoms with Gasteiger partial charge in [-0.15, -0.1) is 0 Å². The van der Waals surface area contributed by atoms with E-state index in [1.807, 2.05) is 6.20 Å². The summed E-state index contributed by atoms with van der Waals surface area (Å²) in [5.74, 6) is 1.86. The summed E-state index contributed by atoms with van der Waals surface area (Å²) in [6.45, 7) is 11.1. The number of aromatic nitrogens is 1. The Balaban J connectivity index is 1.95. The summed E-state index contributed by atoms with van der Waals surface area (Å²) in [4.78, 5) is 11.4. The molecule has 22 heavy (non-hydrogen) atoms. The van der Waals surface area contributed by atoms with E-state index in [4.69, 9.17) is 4.74 Å². The van der Waals surface area contributed by atoms with Crippen molar-refractivity contribution in [3.63, 3.8) is 0 Å². The molecule has 0 radical (unpaired) electrons. The molecule has 1 aliphatic heterocycles. The number of rotatable bonds is 5. The molecule has 1 aliphatic rings. The number of hydrogen-bond acceptors (Lipinski definition) is 4. The second-order valence-electron chi connectivity index (χ2n) is 5.38. The Morgan fingerprint density at radius 2 is 2.14 bits per heavy atom. The summed E-state index contributed by atoms with van der Waals surface area (Å²) < 4.78 is 5.56. The van der Waals surface area contributed by atoms with Gasteiger partial charge in [0.25, 0.3) is 0 Å². The van der Waals surface area contributed by atoms with E-state index in [-0.39, 0.29) is 6.10 Å². The molecule has 0 amide bonds. The Bertz CT molecular complexity index is 466. The summed E-state index contributed by atoms with van der Waals surface area (Å²) in [6, 6.07) is 4.17. The van der Waals surface area contributed by atoms with Gasteiger partial charge in [-0.25, -0.2) is 9.98 Å². The van der Waals surface area contributed by atoms with E-state index in [2.05, 4.69) is 58.4 Å². The first kappa shape index (κ1) is 16.5. The molecule has 2 heterocycles. The van der Waals surface area contributed by atoms with Gasteiger partial charge in [-0.05, 0) is 32.4 Å². The average molecular weight is 305 g/mol. The fourth-order valence-electron chi connectivity index (χ4n) is 2.40. The number of morpholine rings is 1. The van der Waals surface area contributed by atoms with Gasteiger partial charge < -0.3 is 20.3 Å². The fourth-order valence-corrected chi connectivity index (χ4v) is 2.40. The molecular formula is C16H27N5O. The molecular weight excluding hydrogens is 278 g/mol. The third kappa shape index (κ3) is 4.87.